The third-order valence-electron chi connectivity index (χ3n) is 3.72. The van der Waals surface area contributed by atoms with Gasteiger partial charge in [0.25, 0.3) is 5.91 Å². The number of ether oxygens (including phenoxy) is 1. The van der Waals surface area contributed by atoms with Crippen LogP contribution in [0.1, 0.15) is 31.2 Å². The first-order valence-corrected chi connectivity index (χ1v) is 7.88. The van der Waals surface area contributed by atoms with Crippen molar-refractivity contribution in [2.75, 3.05) is 19.7 Å². The van der Waals surface area contributed by atoms with Crippen LogP contribution < -0.4 is 4.74 Å². The molecule has 1 aromatic heterocycles. The van der Waals surface area contributed by atoms with Gasteiger partial charge in [0.1, 0.15) is 10.0 Å². The van der Waals surface area contributed by atoms with Crippen LogP contribution in [-0.4, -0.2) is 35.5 Å². The van der Waals surface area contributed by atoms with Gasteiger partial charge < -0.3 is 9.64 Å². The van der Waals surface area contributed by atoms with Crippen LogP contribution in [0.3, 0.4) is 0 Å². The molecule has 1 aromatic rings. The van der Waals surface area contributed by atoms with Gasteiger partial charge in [0.05, 0.1) is 11.4 Å². The number of carbonyl (C=O) groups excluding carboxylic acids is 1. The third kappa shape index (κ3) is 3.80. The van der Waals surface area contributed by atoms with Gasteiger partial charge in [-0.1, -0.05) is 30.1 Å². The van der Waals surface area contributed by atoms with E-state index in [9.17, 15) is 4.79 Å². The lowest BCUT2D eigenvalue weighted by atomic mass is 10.0. The average molecular weight is 331 g/mol. The van der Waals surface area contributed by atoms with Crippen LogP contribution in [0.5, 0.6) is 5.75 Å². The van der Waals surface area contributed by atoms with Gasteiger partial charge in [-0.25, -0.2) is 0 Å². The Kier molecular flexibility index (Phi) is 5.33. The Morgan fingerprint density at radius 2 is 1.95 bits per heavy atom. The second-order valence-corrected chi connectivity index (χ2v) is 6.37. The number of rotatable bonds is 3. The Morgan fingerprint density at radius 3 is 2.52 bits per heavy atom. The maximum atomic E-state index is 12.2. The summed E-state index contributed by atoms with van der Waals surface area (Å²) in [7, 11) is 0. The molecule has 1 fully saturated rings. The molecule has 1 aliphatic rings. The van der Waals surface area contributed by atoms with Crippen LogP contribution >= 0.6 is 23.2 Å². The molecule has 0 spiro atoms. The van der Waals surface area contributed by atoms with Crippen molar-refractivity contribution in [3.8, 4) is 5.75 Å². The number of aromatic nitrogens is 1. The van der Waals surface area contributed by atoms with E-state index >= 15 is 0 Å². The number of amides is 1. The van der Waals surface area contributed by atoms with Crippen molar-refractivity contribution in [2.45, 2.75) is 33.6 Å². The number of nitrogens with zero attached hydrogens (tertiary/aromatic N) is 2. The van der Waals surface area contributed by atoms with Crippen molar-refractivity contribution in [1.29, 1.82) is 0 Å². The molecule has 0 saturated carbocycles. The SMILES string of the molecule is Cc1nc(C)c(Cl)c(OCC(=O)N2CCCC(C)C2)c1Cl. The summed E-state index contributed by atoms with van der Waals surface area (Å²) in [6, 6.07) is 0. The second kappa shape index (κ2) is 6.84. The molecule has 1 unspecified atom stereocenters. The van der Waals surface area contributed by atoms with Gasteiger partial charge in [-0.15, -0.1) is 0 Å². The largest absolute Gasteiger partial charge is 0.480 e. The standard InChI is InChI=1S/C15H20Cl2N2O2/c1-9-5-4-6-19(7-9)12(20)8-21-15-13(16)10(2)18-11(3)14(15)17/h9H,4-8H2,1-3H3. The maximum Gasteiger partial charge on any atom is 0.260 e. The van der Waals surface area contributed by atoms with Gasteiger partial charge in [-0.2, -0.15) is 0 Å². The summed E-state index contributed by atoms with van der Waals surface area (Å²) in [5.74, 6) is 0.864. The molecule has 6 heteroatoms. The first-order chi connectivity index (χ1) is 9.90. The Labute approximate surface area is 135 Å². The topological polar surface area (TPSA) is 42.4 Å². The Morgan fingerprint density at radius 1 is 1.33 bits per heavy atom. The highest BCUT2D eigenvalue weighted by molar-refractivity contribution is 6.37. The number of aryl methyl sites for hydroxylation is 2. The van der Waals surface area contributed by atoms with E-state index < -0.39 is 0 Å². The summed E-state index contributed by atoms with van der Waals surface area (Å²) < 4.78 is 5.58. The van der Waals surface area contributed by atoms with Crippen LogP contribution in [0.2, 0.25) is 10.0 Å². The molecule has 2 heterocycles. The zero-order chi connectivity index (χ0) is 15.6. The van der Waals surface area contributed by atoms with Gasteiger partial charge in [-0.05, 0) is 32.6 Å². The lowest BCUT2D eigenvalue weighted by Crippen LogP contribution is -2.41. The first kappa shape index (κ1) is 16.4. The summed E-state index contributed by atoms with van der Waals surface area (Å²) in [6.45, 7) is 7.26. The van der Waals surface area contributed by atoms with Crippen molar-refractivity contribution in [3.63, 3.8) is 0 Å². The normalized spacial score (nSPS) is 18.7. The highest BCUT2D eigenvalue weighted by atomic mass is 35.5. The second-order valence-electron chi connectivity index (χ2n) is 5.62. The van der Waals surface area contributed by atoms with Crippen LogP contribution in [-0.2, 0) is 4.79 Å². The summed E-state index contributed by atoms with van der Waals surface area (Å²) in [6.07, 6.45) is 2.22. The molecule has 0 aromatic carbocycles. The Hall–Kier alpha value is -1.00. The molecular weight excluding hydrogens is 311 g/mol. The monoisotopic (exact) mass is 330 g/mol. The van der Waals surface area contributed by atoms with E-state index in [1.54, 1.807) is 13.8 Å². The van der Waals surface area contributed by atoms with E-state index in [4.69, 9.17) is 27.9 Å². The van der Waals surface area contributed by atoms with E-state index in [0.29, 0.717) is 33.1 Å². The van der Waals surface area contributed by atoms with E-state index in [2.05, 4.69) is 11.9 Å². The van der Waals surface area contributed by atoms with Crippen LogP contribution in [0, 0.1) is 19.8 Å². The Balaban J connectivity index is 2.04. The number of halogens is 2. The van der Waals surface area contributed by atoms with E-state index in [1.807, 2.05) is 4.90 Å². The van der Waals surface area contributed by atoms with Crippen molar-refractivity contribution >= 4 is 29.1 Å². The van der Waals surface area contributed by atoms with Gasteiger partial charge in [-0.3, -0.25) is 9.78 Å². The van der Waals surface area contributed by atoms with Gasteiger partial charge >= 0.3 is 0 Å². The van der Waals surface area contributed by atoms with Gasteiger partial charge in [0, 0.05) is 13.1 Å². The number of hydrogen-bond donors (Lipinski definition) is 0. The highest BCUT2D eigenvalue weighted by Crippen LogP contribution is 2.36. The number of pyridine rings is 1. The van der Waals surface area contributed by atoms with Gasteiger partial charge in [0.15, 0.2) is 12.4 Å². The fraction of sp³-hybridized carbons (Fsp3) is 0.600. The van der Waals surface area contributed by atoms with Crippen molar-refractivity contribution in [2.24, 2.45) is 5.92 Å². The minimum atomic E-state index is -0.0466. The third-order valence-corrected chi connectivity index (χ3v) is 4.61. The quantitative estimate of drug-likeness (QED) is 0.849. The van der Waals surface area contributed by atoms with E-state index in [1.165, 1.54) is 6.42 Å². The van der Waals surface area contributed by atoms with Crippen LogP contribution in [0.15, 0.2) is 0 Å². The van der Waals surface area contributed by atoms with E-state index in [-0.39, 0.29) is 12.5 Å². The molecule has 1 saturated heterocycles. The summed E-state index contributed by atoms with van der Waals surface area (Å²) >= 11 is 12.3. The van der Waals surface area contributed by atoms with Crippen LogP contribution in [0.25, 0.3) is 0 Å². The summed E-state index contributed by atoms with van der Waals surface area (Å²) in [4.78, 5) is 18.3. The predicted molar refractivity (Wildman–Crippen MR) is 84.2 cm³/mol. The number of piperidine rings is 1. The molecular formula is C15H20Cl2N2O2. The minimum absolute atomic E-state index is 0.0270. The highest BCUT2D eigenvalue weighted by Gasteiger charge is 2.22. The molecule has 116 valence electrons. The number of hydrogen-bond acceptors (Lipinski definition) is 3. The summed E-state index contributed by atoms with van der Waals surface area (Å²) in [5, 5.41) is 0.732. The fourth-order valence-corrected chi connectivity index (χ4v) is 2.97. The average Bonchev–Trinajstić information content (AvgIpc) is 2.45. The summed E-state index contributed by atoms with van der Waals surface area (Å²) in [5.41, 5.74) is 1.29. The van der Waals surface area contributed by atoms with Crippen molar-refractivity contribution in [1.82, 2.24) is 9.88 Å². The van der Waals surface area contributed by atoms with Crippen molar-refractivity contribution < 1.29 is 9.53 Å². The molecule has 1 aliphatic heterocycles. The molecule has 21 heavy (non-hydrogen) atoms. The lowest BCUT2D eigenvalue weighted by molar-refractivity contribution is -0.135. The fourth-order valence-electron chi connectivity index (χ4n) is 2.54. The smallest absolute Gasteiger partial charge is 0.260 e. The van der Waals surface area contributed by atoms with Crippen LogP contribution in [0.4, 0.5) is 0 Å². The molecule has 0 bridgehead atoms. The number of likely N-dealkylation sites (tertiary alicyclic amines) is 1. The lowest BCUT2D eigenvalue weighted by Gasteiger charge is -2.30. The predicted octanol–water partition coefficient (Wildman–Crippen LogP) is 3.64. The molecule has 0 radical (unpaired) electrons. The number of carbonyl (C=O) groups is 1. The molecule has 1 atom stereocenters. The van der Waals surface area contributed by atoms with E-state index in [0.717, 1.165) is 19.5 Å². The molecule has 0 N–H and O–H groups in total. The van der Waals surface area contributed by atoms with Gasteiger partial charge in [0.2, 0.25) is 0 Å². The Bertz CT molecular complexity index is 523. The first-order valence-electron chi connectivity index (χ1n) is 7.13. The molecule has 4 nitrogen and oxygen atoms in total. The molecule has 2 rings (SSSR count). The molecule has 0 aliphatic carbocycles. The van der Waals surface area contributed by atoms with Crippen molar-refractivity contribution in [3.05, 3.63) is 21.4 Å². The minimum Gasteiger partial charge on any atom is -0.480 e. The maximum absolute atomic E-state index is 12.2. The molecule has 1 amide bonds. The zero-order valence-electron chi connectivity index (χ0n) is 12.6. The zero-order valence-corrected chi connectivity index (χ0v) is 14.1.